The van der Waals surface area contributed by atoms with Crippen molar-refractivity contribution in [1.29, 1.82) is 0 Å². The molecule has 11 heteroatoms. The topological polar surface area (TPSA) is 78.9 Å². The van der Waals surface area contributed by atoms with Crippen molar-refractivity contribution >= 4 is 21.5 Å². The van der Waals surface area contributed by atoms with E-state index in [2.05, 4.69) is 15.1 Å². The van der Waals surface area contributed by atoms with Gasteiger partial charge in [0.15, 0.2) is 5.82 Å². The standard InChI is InChI=1S/C19H23F2N5O3S/c20-16-1-2-18(21)15(11-16)14-30(27,28)26-5-3-24(4-6-26)17-12-19(23-22-13-17)25-7-9-29-10-8-25/h1-2,11-13H,3-10,14H2. The highest BCUT2D eigenvalue weighted by molar-refractivity contribution is 7.88. The first-order valence-corrected chi connectivity index (χ1v) is 11.4. The Labute approximate surface area is 174 Å². The number of morpholine rings is 1. The minimum Gasteiger partial charge on any atom is -0.378 e. The second kappa shape index (κ2) is 8.78. The normalized spacial score (nSPS) is 18.6. The number of piperazine rings is 1. The largest absolute Gasteiger partial charge is 0.378 e. The molecule has 30 heavy (non-hydrogen) atoms. The first kappa shape index (κ1) is 20.9. The van der Waals surface area contributed by atoms with Crippen molar-refractivity contribution in [2.24, 2.45) is 0 Å². The highest BCUT2D eigenvalue weighted by Crippen LogP contribution is 2.23. The lowest BCUT2D eigenvalue weighted by molar-refractivity contribution is 0.122. The Morgan fingerprint density at radius 3 is 2.43 bits per heavy atom. The molecule has 0 radical (unpaired) electrons. The molecule has 0 aliphatic carbocycles. The van der Waals surface area contributed by atoms with Gasteiger partial charge in [-0.25, -0.2) is 17.2 Å². The zero-order chi connectivity index (χ0) is 21.1. The molecule has 8 nitrogen and oxygen atoms in total. The van der Waals surface area contributed by atoms with Crippen molar-refractivity contribution < 1.29 is 21.9 Å². The molecule has 1 aromatic carbocycles. The molecule has 0 atom stereocenters. The second-order valence-electron chi connectivity index (χ2n) is 7.25. The van der Waals surface area contributed by atoms with E-state index < -0.39 is 27.4 Å². The van der Waals surface area contributed by atoms with Gasteiger partial charge in [-0.15, -0.1) is 5.10 Å². The Morgan fingerprint density at radius 2 is 1.70 bits per heavy atom. The smallest absolute Gasteiger partial charge is 0.218 e. The molecular formula is C19H23F2N5O3S. The van der Waals surface area contributed by atoms with Gasteiger partial charge in [-0.05, 0) is 18.2 Å². The highest BCUT2D eigenvalue weighted by atomic mass is 32.2. The molecule has 2 saturated heterocycles. The number of hydrogen-bond acceptors (Lipinski definition) is 7. The van der Waals surface area contributed by atoms with Gasteiger partial charge in [0.2, 0.25) is 10.0 Å². The Bertz CT molecular complexity index is 993. The number of halogens is 2. The zero-order valence-electron chi connectivity index (χ0n) is 16.4. The van der Waals surface area contributed by atoms with Gasteiger partial charge in [0.1, 0.15) is 11.6 Å². The predicted molar refractivity (Wildman–Crippen MR) is 108 cm³/mol. The third kappa shape index (κ3) is 4.68. The molecule has 0 unspecified atom stereocenters. The van der Waals surface area contributed by atoms with Gasteiger partial charge in [0, 0.05) is 50.9 Å². The number of rotatable bonds is 5. The molecule has 2 aliphatic rings. The molecule has 162 valence electrons. The third-order valence-corrected chi connectivity index (χ3v) is 7.13. The molecule has 0 bridgehead atoms. The second-order valence-corrected chi connectivity index (χ2v) is 9.22. The number of anilines is 2. The van der Waals surface area contributed by atoms with Crippen LogP contribution in [0.5, 0.6) is 0 Å². The van der Waals surface area contributed by atoms with Crippen LogP contribution in [0.2, 0.25) is 0 Å². The summed E-state index contributed by atoms with van der Waals surface area (Å²) in [5.41, 5.74) is 0.714. The van der Waals surface area contributed by atoms with Gasteiger partial charge in [-0.2, -0.15) is 9.40 Å². The van der Waals surface area contributed by atoms with E-state index >= 15 is 0 Å². The highest BCUT2D eigenvalue weighted by Gasteiger charge is 2.28. The number of hydrogen-bond donors (Lipinski definition) is 0. The summed E-state index contributed by atoms with van der Waals surface area (Å²) >= 11 is 0. The quantitative estimate of drug-likeness (QED) is 0.694. The summed E-state index contributed by atoms with van der Waals surface area (Å²) in [6, 6.07) is 4.79. The fourth-order valence-corrected chi connectivity index (χ4v) is 5.15. The molecule has 0 spiro atoms. The van der Waals surface area contributed by atoms with Gasteiger partial charge >= 0.3 is 0 Å². The minimum atomic E-state index is -3.76. The number of nitrogens with zero attached hydrogens (tertiary/aromatic N) is 5. The van der Waals surface area contributed by atoms with E-state index in [1.54, 1.807) is 6.20 Å². The first-order chi connectivity index (χ1) is 14.4. The maximum atomic E-state index is 13.9. The number of aromatic nitrogens is 2. The molecule has 0 amide bonds. The van der Waals surface area contributed by atoms with Crippen molar-refractivity contribution in [3.8, 4) is 0 Å². The average Bonchev–Trinajstić information content (AvgIpc) is 2.77. The van der Waals surface area contributed by atoms with Crippen LogP contribution < -0.4 is 9.80 Å². The van der Waals surface area contributed by atoms with Crippen LogP contribution in [0.25, 0.3) is 0 Å². The van der Waals surface area contributed by atoms with Crippen LogP contribution in [-0.4, -0.2) is 75.4 Å². The van der Waals surface area contributed by atoms with Crippen LogP contribution in [0.3, 0.4) is 0 Å². The SMILES string of the molecule is O=S(=O)(Cc1cc(F)ccc1F)N1CCN(c2cnnc(N3CCOCC3)c2)CC1. The van der Waals surface area contributed by atoms with Gasteiger partial charge in [-0.1, -0.05) is 0 Å². The van der Waals surface area contributed by atoms with Crippen LogP contribution in [0.15, 0.2) is 30.5 Å². The Kier molecular flexibility index (Phi) is 6.11. The predicted octanol–water partition coefficient (Wildman–Crippen LogP) is 1.24. The van der Waals surface area contributed by atoms with E-state index in [0.717, 1.165) is 42.8 Å². The van der Waals surface area contributed by atoms with Crippen molar-refractivity contribution in [2.75, 3.05) is 62.3 Å². The summed E-state index contributed by atoms with van der Waals surface area (Å²) < 4.78 is 59.3. The number of ether oxygens (including phenoxy) is 1. The Hall–Kier alpha value is -2.37. The maximum absolute atomic E-state index is 13.9. The summed E-state index contributed by atoms with van der Waals surface area (Å²) in [5.74, 6) is -1.17. The molecule has 2 aliphatic heterocycles. The van der Waals surface area contributed by atoms with Gasteiger partial charge in [0.25, 0.3) is 0 Å². The third-order valence-electron chi connectivity index (χ3n) is 5.31. The molecule has 3 heterocycles. The van der Waals surface area contributed by atoms with Crippen LogP contribution in [0.1, 0.15) is 5.56 Å². The van der Waals surface area contributed by atoms with Crippen molar-refractivity contribution in [1.82, 2.24) is 14.5 Å². The van der Waals surface area contributed by atoms with E-state index in [4.69, 9.17) is 4.74 Å². The molecule has 2 fully saturated rings. The van der Waals surface area contributed by atoms with E-state index in [-0.39, 0.29) is 18.7 Å². The monoisotopic (exact) mass is 439 g/mol. The van der Waals surface area contributed by atoms with Crippen molar-refractivity contribution in [3.63, 3.8) is 0 Å². The fraction of sp³-hybridized carbons (Fsp3) is 0.474. The maximum Gasteiger partial charge on any atom is 0.218 e. The van der Waals surface area contributed by atoms with E-state index in [1.807, 2.05) is 11.0 Å². The summed E-state index contributed by atoms with van der Waals surface area (Å²) in [6.07, 6.45) is 1.66. The fourth-order valence-electron chi connectivity index (χ4n) is 3.63. The lowest BCUT2D eigenvalue weighted by atomic mass is 10.2. The van der Waals surface area contributed by atoms with Gasteiger partial charge in [0.05, 0.1) is 30.9 Å². The van der Waals surface area contributed by atoms with Gasteiger partial charge < -0.3 is 14.5 Å². The summed E-state index contributed by atoms with van der Waals surface area (Å²) in [6.45, 7) is 4.26. The van der Waals surface area contributed by atoms with Crippen LogP contribution >= 0.6 is 0 Å². The molecule has 1 aromatic heterocycles. The lowest BCUT2D eigenvalue weighted by Crippen LogP contribution is -2.49. The van der Waals surface area contributed by atoms with Crippen LogP contribution in [0, 0.1) is 11.6 Å². The average molecular weight is 439 g/mol. The zero-order valence-corrected chi connectivity index (χ0v) is 17.2. The van der Waals surface area contributed by atoms with Crippen molar-refractivity contribution in [3.05, 3.63) is 47.7 Å². The Morgan fingerprint density at radius 1 is 0.967 bits per heavy atom. The van der Waals surface area contributed by atoms with Gasteiger partial charge in [-0.3, -0.25) is 0 Å². The Balaban J connectivity index is 1.40. The molecule has 4 rings (SSSR count). The minimum absolute atomic E-state index is 0.161. The summed E-state index contributed by atoms with van der Waals surface area (Å²) in [5, 5.41) is 8.29. The van der Waals surface area contributed by atoms with E-state index in [9.17, 15) is 17.2 Å². The lowest BCUT2D eigenvalue weighted by Gasteiger charge is -2.35. The number of sulfonamides is 1. The molecule has 2 aromatic rings. The molecule has 0 N–H and O–H groups in total. The summed E-state index contributed by atoms with van der Waals surface area (Å²) in [4.78, 5) is 4.15. The number of benzene rings is 1. The van der Waals surface area contributed by atoms with Crippen molar-refractivity contribution in [2.45, 2.75) is 5.75 Å². The van der Waals surface area contributed by atoms with Crippen LogP contribution in [0.4, 0.5) is 20.3 Å². The van der Waals surface area contributed by atoms with Crippen LogP contribution in [-0.2, 0) is 20.5 Å². The van der Waals surface area contributed by atoms with E-state index in [0.29, 0.717) is 26.3 Å². The molecule has 0 saturated carbocycles. The molecular weight excluding hydrogens is 416 g/mol. The first-order valence-electron chi connectivity index (χ1n) is 9.74. The summed E-state index contributed by atoms with van der Waals surface area (Å²) in [7, 11) is -3.76. The van der Waals surface area contributed by atoms with E-state index in [1.165, 1.54) is 4.31 Å².